The van der Waals surface area contributed by atoms with Crippen molar-refractivity contribution >= 4 is 5.69 Å². The molecule has 3 heterocycles. The molecule has 25 heavy (non-hydrogen) atoms. The van der Waals surface area contributed by atoms with Gasteiger partial charge in [0.2, 0.25) is 0 Å². The van der Waals surface area contributed by atoms with E-state index in [0.29, 0.717) is 6.04 Å². The standard InChI is InChI=1S/C19H26N4O2/c1-22-11-15(10-20-22)12-23-8-7-19(14-23)9-17(13-25-19)21-16-3-5-18(24-2)6-4-16/h3-6,10-11,17,21H,7-9,12-14H2,1-2H3/t17-,19-/m0/s1. The predicted octanol–water partition coefficient (Wildman–Crippen LogP) is 2.27. The molecule has 0 radical (unpaired) electrons. The molecule has 2 aliphatic rings. The highest BCUT2D eigenvalue weighted by Crippen LogP contribution is 2.36. The topological polar surface area (TPSA) is 51.5 Å². The number of nitrogens with one attached hydrogen (secondary N) is 1. The summed E-state index contributed by atoms with van der Waals surface area (Å²) >= 11 is 0. The van der Waals surface area contributed by atoms with Crippen LogP contribution in [0, 0.1) is 0 Å². The summed E-state index contributed by atoms with van der Waals surface area (Å²) < 4.78 is 13.3. The van der Waals surface area contributed by atoms with Crippen molar-refractivity contribution in [2.75, 3.05) is 32.1 Å². The minimum absolute atomic E-state index is 0.00630. The van der Waals surface area contributed by atoms with Crippen LogP contribution in [0.15, 0.2) is 36.7 Å². The summed E-state index contributed by atoms with van der Waals surface area (Å²) in [5.74, 6) is 0.881. The van der Waals surface area contributed by atoms with E-state index in [4.69, 9.17) is 9.47 Å². The zero-order chi connectivity index (χ0) is 17.3. The van der Waals surface area contributed by atoms with Gasteiger partial charge in [-0.05, 0) is 30.7 Å². The molecule has 0 amide bonds. The summed E-state index contributed by atoms with van der Waals surface area (Å²) in [6.45, 7) is 3.81. The summed E-state index contributed by atoms with van der Waals surface area (Å²) in [5.41, 5.74) is 2.40. The Morgan fingerprint density at radius 3 is 2.92 bits per heavy atom. The van der Waals surface area contributed by atoms with Crippen molar-refractivity contribution in [3.05, 3.63) is 42.2 Å². The van der Waals surface area contributed by atoms with Gasteiger partial charge in [0, 0.05) is 50.6 Å². The zero-order valence-electron chi connectivity index (χ0n) is 14.9. The number of aryl methyl sites for hydroxylation is 1. The Morgan fingerprint density at radius 2 is 2.20 bits per heavy atom. The van der Waals surface area contributed by atoms with E-state index in [2.05, 4.69) is 33.6 Å². The first-order chi connectivity index (χ1) is 12.1. The van der Waals surface area contributed by atoms with Crippen LogP contribution in [0.3, 0.4) is 0 Å². The minimum atomic E-state index is 0.00630. The Bertz CT molecular complexity index is 714. The number of rotatable bonds is 5. The Labute approximate surface area is 148 Å². The van der Waals surface area contributed by atoms with Crippen molar-refractivity contribution in [2.24, 2.45) is 7.05 Å². The molecular weight excluding hydrogens is 316 g/mol. The summed E-state index contributed by atoms with van der Waals surface area (Å²) in [6.07, 6.45) is 6.21. The minimum Gasteiger partial charge on any atom is -0.497 e. The van der Waals surface area contributed by atoms with Crippen LogP contribution in [-0.4, -0.2) is 53.1 Å². The number of hydrogen-bond donors (Lipinski definition) is 1. The predicted molar refractivity (Wildman–Crippen MR) is 96.8 cm³/mol. The zero-order valence-corrected chi connectivity index (χ0v) is 14.9. The van der Waals surface area contributed by atoms with Crippen molar-refractivity contribution in [1.82, 2.24) is 14.7 Å². The van der Waals surface area contributed by atoms with E-state index in [1.807, 2.05) is 30.1 Å². The first-order valence-corrected chi connectivity index (χ1v) is 8.89. The van der Waals surface area contributed by atoms with Gasteiger partial charge in [-0.15, -0.1) is 0 Å². The lowest BCUT2D eigenvalue weighted by Crippen LogP contribution is -2.33. The van der Waals surface area contributed by atoms with Crippen LogP contribution in [-0.2, 0) is 18.3 Å². The molecule has 0 saturated carbocycles. The van der Waals surface area contributed by atoms with Gasteiger partial charge < -0.3 is 14.8 Å². The molecule has 2 atom stereocenters. The van der Waals surface area contributed by atoms with E-state index in [1.54, 1.807) is 7.11 Å². The van der Waals surface area contributed by atoms with E-state index < -0.39 is 0 Å². The van der Waals surface area contributed by atoms with Crippen LogP contribution >= 0.6 is 0 Å². The number of hydrogen-bond acceptors (Lipinski definition) is 5. The number of ether oxygens (including phenoxy) is 2. The maximum absolute atomic E-state index is 6.25. The Kier molecular flexibility index (Phi) is 4.39. The molecule has 1 spiro atoms. The summed E-state index contributed by atoms with van der Waals surface area (Å²) in [7, 11) is 3.65. The van der Waals surface area contributed by atoms with E-state index in [0.717, 1.165) is 50.5 Å². The highest BCUT2D eigenvalue weighted by atomic mass is 16.5. The number of anilines is 1. The number of methoxy groups -OCH3 is 1. The summed E-state index contributed by atoms with van der Waals surface area (Å²) in [4.78, 5) is 2.48. The highest BCUT2D eigenvalue weighted by molar-refractivity contribution is 5.47. The Morgan fingerprint density at radius 1 is 1.36 bits per heavy atom. The fourth-order valence-corrected chi connectivity index (χ4v) is 4.02. The first-order valence-electron chi connectivity index (χ1n) is 8.89. The average molecular weight is 342 g/mol. The molecule has 2 aromatic rings. The molecule has 2 fully saturated rings. The normalized spacial score (nSPS) is 26.4. The molecule has 4 rings (SSSR count). The smallest absolute Gasteiger partial charge is 0.119 e. The monoisotopic (exact) mass is 342 g/mol. The molecule has 1 N–H and O–H groups in total. The van der Waals surface area contributed by atoms with Gasteiger partial charge in [-0.1, -0.05) is 0 Å². The molecule has 6 heteroatoms. The van der Waals surface area contributed by atoms with Crippen molar-refractivity contribution < 1.29 is 9.47 Å². The molecule has 6 nitrogen and oxygen atoms in total. The van der Waals surface area contributed by atoms with Gasteiger partial charge in [0.15, 0.2) is 0 Å². The van der Waals surface area contributed by atoms with Crippen molar-refractivity contribution in [3.8, 4) is 5.75 Å². The average Bonchev–Trinajstić information content (AvgIpc) is 3.31. The lowest BCUT2D eigenvalue weighted by molar-refractivity contribution is 0.0120. The van der Waals surface area contributed by atoms with Gasteiger partial charge in [0.1, 0.15) is 5.75 Å². The third-order valence-electron chi connectivity index (χ3n) is 5.23. The van der Waals surface area contributed by atoms with Gasteiger partial charge in [-0.25, -0.2) is 0 Å². The molecule has 2 aliphatic heterocycles. The van der Waals surface area contributed by atoms with Crippen molar-refractivity contribution in [3.63, 3.8) is 0 Å². The lowest BCUT2D eigenvalue weighted by atomic mass is 9.97. The second-order valence-electron chi connectivity index (χ2n) is 7.25. The maximum Gasteiger partial charge on any atom is 0.119 e. The van der Waals surface area contributed by atoms with Crippen LogP contribution in [0.25, 0.3) is 0 Å². The van der Waals surface area contributed by atoms with Crippen LogP contribution in [0.4, 0.5) is 5.69 Å². The van der Waals surface area contributed by atoms with E-state index in [1.165, 1.54) is 5.56 Å². The third-order valence-corrected chi connectivity index (χ3v) is 5.23. The second-order valence-corrected chi connectivity index (χ2v) is 7.25. The van der Waals surface area contributed by atoms with Crippen molar-refractivity contribution in [2.45, 2.75) is 31.0 Å². The van der Waals surface area contributed by atoms with E-state index in [-0.39, 0.29) is 5.60 Å². The number of likely N-dealkylation sites (tertiary alicyclic amines) is 1. The van der Waals surface area contributed by atoms with E-state index in [9.17, 15) is 0 Å². The van der Waals surface area contributed by atoms with Crippen LogP contribution < -0.4 is 10.1 Å². The molecule has 2 saturated heterocycles. The molecule has 1 aromatic carbocycles. The molecule has 0 bridgehead atoms. The number of aromatic nitrogens is 2. The highest BCUT2D eigenvalue weighted by Gasteiger charge is 2.45. The van der Waals surface area contributed by atoms with E-state index >= 15 is 0 Å². The molecular formula is C19H26N4O2. The maximum atomic E-state index is 6.25. The van der Waals surface area contributed by atoms with Crippen LogP contribution in [0.2, 0.25) is 0 Å². The number of benzene rings is 1. The van der Waals surface area contributed by atoms with Crippen molar-refractivity contribution in [1.29, 1.82) is 0 Å². The quantitative estimate of drug-likeness (QED) is 0.903. The lowest BCUT2D eigenvalue weighted by Gasteiger charge is -2.23. The third kappa shape index (κ3) is 3.65. The molecule has 0 unspecified atom stereocenters. The first kappa shape index (κ1) is 16.4. The molecule has 0 aliphatic carbocycles. The Hall–Kier alpha value is -2.05. The fourth-order valence-electron chi connectivity index (χ4n) is 4.02. The molecule has 134 valence electrons. The van der Waals surface area contributed by atoms with Crippen LogP contribution in [0.5, 0.6) is 5.75 Å². The van der Waals surface area contributed by atoms with Crippen LogP contribution in [0.1, 0.15) is 18.4 Å². The van der Waals surface area contributed by atoms with Gasteiger partial charge in [-0.3, -0.25) is 9.58 Å². The molecule has 1 aromatic heterocycles. The SMILES string of the molecule is COc1ccc(N[C@@H]2CO[C@@]3(CCN(Cc4cnn(C)c4)C3)C2)cc1. The van der Waals surface area contributed by atoms with Gasteiger partial charge in [0.05, 0.1) is 31.6 Å². The Balaban J connectivity index is 1.32. The second kappa shape index (κ2) is 6.69. The number of nitrogens with zero attached hydrogens (tertiary/aromatic N) is 3. The van der Waals surface area contributed by atoms with Gasteiger partial charge in [-0.2, -0.15) is 5.10 Å². The summed E-state index contributed by atoms with van der Waals surface area (Å²) in [5, 5.41) is 7.86. The largest absolute Gasteiger partial charge is 0.497 e. The van der Waals surface area contributed by atoms with Gasteiger partial charge >= 0.3 is 0 Å². The summed E-state index contributed by atoms with van der Waals surface area (Å²) in [6, 6.07) is 8.46. The fraction of sp³-hybridized carbons (Fsp3) is 0.526. The van der Waals surface area contributed by atoms with Gasteiger partial charge in [0.25, 0.3) is 0 Å².